The van der Waals surface area contributed by atoms with Gasteiger partial charge in [-0.3, -0.25) is 4.79 Å². The van der Waals surface area contributed by atoms with Gasteiger partial charge in [-0.15, -0.1) is 0 Å². The Morgan fingerprint density at radius 3 is 2.83 bits per heavy atom. The quantitative estimate of drug-likeness (QED) is 0.873. The summed E-state index contributed by atoms with van der Waals surface area (Å²) in [6, 6.07) is 8.48. The van der Waals surface area contributed by atoms with Crippen molar-refractivity contribution in [3.8, 4) is 0 Å². The van der Waals surface area contributed by atoms with Gasteiger partial charge >= 0.3 is 5.97 Å². The van der Waals surface area contributed by atoms with Crippen LogP contribution in [0, 0.1) is 0 Å². The van der Waals surface area contributed by atoms with E-state index in [9.17, 15) is 9.59 Å². The van der Waals surface area contributed by atoms with Gasteiger partial charge in [0, 0.05) is 5.02 Å². The number of benzene rings is 1. The third-order valence-electron chi connectivity index (χ3n) is 4.13. The molecule has 1 heterocycles. The molecule has 2 N–H and O–H groups in total. The van der Waals surface area contributed by atoms with E-state index in [1.54, 1.807) is 24.3 Å². The van der Waals surface area contributed by atoms with Crippen LogP contribution in [0.15, 0.2) is 47.3 Å². The lowest BCUT2D eigenvalue weighted by Gasteiger charge is -2.36. The summed E-state index contributed by atoms with van der Waals surface area (Å²) in [7, 11) is 0. The standard InChI is InChI=1S/C17H16ClNO4/c18-13-5-2-1-4-12(13)17(19)8-3-6-14(15(17)20)23-16(21)11-7-9-22-10-11/h1-2,4-5,7,9-10,14H,3,6,8,19H2/t14-,17-/m1/s1. The number of carbonyl (C=O) groups is 2. The van der Waals surface area contributed by atoms with Gasteiger partial charge in [-0.05, 0) is 37.0 Å². The van der Waals surface area contributed by atoms with E-state index >= 15 is 0 Å². The first-order valence-corrected chi connectivity index (χ1v) is 7.71. The highest BCUT2D eigenvalue weighted by Crippen LogP contribution is 2.37. The Balaban J connectivity index is 1.84. The minimum Gasteiger partial charge on any atom is -0.472 e. The van der Waals surface area contributed by atoms with Crippen LogP contribution in [0.3, 0.4) is 0 Å². The number of nitrogens with two attached hydrogens (primary N) is 1. The van der Waals surface area contributed by atoms with E-state index in [0.717, 1.165) is 0 Å². The normalized spacial score (nSPS) is 24.4. The zero-order valence-electron chi connectivity index (χ0n) is 12.3. The van der Waals surface area contributed by atoms with E-state index in [2.05, 4.69) is 0 Å². The SMILES string of the molecule is N[C@@]1(c2ccccc2Cl)CCC[C@@H](OC(=O)c2ccoc2)C1=O. The van der Waals surface area contributed by atoms with Gasteiger partial charge in [0.25, 0.3) is 0 Å². The number of carbonyl (C=O) groups excluding carboxylic acids is 2. The Morgan fingerprint density at radius 2 is 2.13 bits per heavy atom. The van der Waals surface area contributed by atoms with Gasteiger partial charge in [-0.1, -0.05) is 29.8 Å². The minimum absolute atomic E-state index is 0.267. The lowest BCUT2D eigenvalue weighted by atomic mass is 9.75. The van der Waals surface area contributed by atoms with Gasteiger partial charge in [0.2, 0.25) is 0 Å². The molecule has 1 saturated carbocycles. The number of ketones is 1. The number of hydrogen-bond donors (Lipinski definition) is 1. The van der Waals surface area contributed by atoms with Crippen LogP contribution in [-0.4, -0.2) is 17.9 Å². The Labute approximate surface area is 138 Å². The molecule has 1 fully saturated rings. The van der Waals surface area contributed by atoms with Crippen molar-refractivity contribution in [3.63, 3.8) is 0 Å². The summed E-state index contributed by atoms with van der Waals surface area (Å²) < 4.78 is 10.2. The van der Waals surface area contributed by atoms with Crippen LogP contribution in [0.4, 0.5) is 0 Å². The fraction of sp³-hybridized carbons (Fsp3) is 0.294. The highest BCUT2D eigenvalue weighted by Gasteiger charge is 2.45. The molecule has 6 heteroatoms. The van der Waals surface area contributed by atoms with Gasteiger partial charge in [-0.25, -0.2) is 4.79 Å². The van der Waals surface area contributed by atoms with Gasteiger partial charge in [0.05, 0.1) is 11.8 Å². The number of halogens is 1. The number of esters is 1. The molecule has 0 saturated heterocycles. The van der Waals surface area contributed by atoms with Crippen LogP contribution in [0.5, 0.6) is 0 Å². The van der Waals surface area contributed by atoms with Crippen molar-refractivity contribution in [2.24, 2.45) is 5.73 Å². The summed E-state index contributed by atoms with van der Waals surface area (Å²) in [4.78, 5) is 24.9. The zero-order chi connectivity index (χ0) is 16.4. The molecule has 2 aromatic rings. The fourth-order valence-corrected chi connectivity index (χ4v) is 3.19. The molecule has 1 aliphatic carbocycles. The molecular weight excluding hydrogens is 318 g/mol. The zero-order valence-corrected chi connectivity index (χ0v) is 13.1. The Morgan fingerprint density at radius 1 is 1.35 bits per heavy atom. The van der Waals surface area contributed by atoms with Gasteiger partial charge in [0.1, 0.15) is 11.8 Å². The van der Waals surface area contributed by atoms with Crippen molar-refractivity contribution < 1.29 is 18.7 Å². The second kappa shape index (κ2) is 6.18. The molecule has 0 spiro atoms. The minimum atomic E-state index is -1.24. The van der Waals surface area contributed by atoms with Gasteiger partial charge in [0.15, 0.2) is 11.9 Å². The largest absolute Gasteiger partial charge is 0.472 e. The molecule has 1 aromatic carbocycles. The second-order valence-corrected chi connectivity index (χ2v) is 6.02. The van der Waals surface area contributed by atoms with Crippen molar-refractivity contribution in [3.05, 3.63) is 59.0 Å². The summed E-state index contributed by atoms with van der Waals surface area (Å²) in [5.41, 5.74) is 5.96. The van der Waals surface area contributed by atoms with E-state index in [-0.39, 0.29) is 11.3 Å². The summed E-state index contributed by atoms with van der Waals surface area (Å²) in [6.45, 7) is 0. The van der Waals surface area contributed by atoms with Crippen molar-refractivity contribution >= 4 is 23.4 Å². The van der Waals surface area contributed by atoms with E-state index in [1.165, 1.54) is 18.6 Å². The van der Waals surface area contributed by atoms with Crippen LogP contribution in [0.2, 0.25) is 5.02 Å². The van der Waals surface area contributed by atoms with Crippen molar-refractivity contribution in [2.45, 2.75) is 30.9 Å². The molecular formula is C17H16ClNO4. The van der Waals surface area contributed by atoms with Crippen LogP contribution in [-0.2, 0) is 15.1 Å². The van der Waals surface area contributed by atoms with E-state index in [0.29, 0.717) is 29.8 Å². The van der Waals surface area contributed by atoms with Crippen LogP contribution in [0.25, 0.3) is 0 Å². The van der Waals surface area contributed by atoms with Crippen molar-refractivity contribution in [2.75, 3.05) is 0 Å². The molecule has 3 rings (SSSR count). The lowest BCUT2D eigenvalue weighted by Crippen LogP contribution is -2.53. The molecule has 0 amide bonds. The first-order valence-electron chi connectivity index (χ1n) is 7.34. The van der Waals surface area contributed by atoms with Crippen molar-refractivity contribution in [1.29, 1.82) is 0 Å². The predicted molar refractivity (Wildman–Crippen MR) is 84.1 cm³/mol. The van der Waals surface area contributed by atoms with Crippen LogP contribution in [0.1, 0.15) is 35.2 Å². The van der Waals surface area contributed by atoms with E-state index in [1.807, 2.05) is 0 Å². The molecule has 2 atom stereocenters. The Bertz CT molecular complexity index is 728. The van der Waals surface area contributed by atoms with E-state index < -0.39 is 17.6 Å². The van der Waals surface area contributed by atoms with Crippen molar-refractivity contribution in [1.82, 2.24) is 0 Å². The van der Waals surface area contributed by atoms with E-state index in [4.69, 9.17) is 26.5 Å². The average Bonchev–Trinajstić information content (AvgIpc) is 3.07. The molecule has 5 nitrogen and oxygen atoms in total. The summed E-state index contributed by atoms with van der Waals surface area (Å²) in [5.74, 6) is -0.922. The molecule has 0 aliphatic heterocycles. The third-order valence-corrected chi connectivity index (χ3v) is 4.46. The topological polar surface area (TPSA) is 82.5 Å². The average molecular weight is 334 g/mol. The highest BCUT2D eigenvalue weighted by atomic mass is 35.5. The number of hydrogen-bond acceptors (Lipinski definition) is 5. The molecule has 23 heavy (non-hydrogen) atoms. The fourth-order valence-electron chi connectivity index (χ4n) is 2.89. The van der Waals surface area contributed by atoms with Gasteiger partial charge in [-0.2, -0.15) is 0 Å². The summed E-state index contributed by atoms with van der Waals surface area (Å²) in [5, 5.41) is 0.435. The van der Waals surface area contributed by atoms with Crippen LogP contribution < -0.4 is 5.73 Å². The first-order chi connectivity index (χ1) is 11.0. The molecule has 0 unspecified atom stereocenters. The molecule has 0 radical (unpaired) electrons. The Kier molecular flexibility index (Phi) is 4.24. The summed E-state index contributed by atoms with van der Waals surface area (Å²) in [6.07, 6.45) is 3.35. The predicted octanol–water partition coefficient (Wildman–Crippen LogP) is 3.07. The number of rotatable bonds is 3. The summed E-state index contributed by atoms with van der Waals surface area (Å²) >= 11 is 6.19. The monoisotopic (exact) mass is 333 g/mol. The Hall–Kier alpha value is -2.11. The second-order valence-electron chi connectivity index (χ2n) is 5.61. The molecule has 0 bridgehead atoms. The molecule has 1 aromatic heterocycles. The maximum absolute atomic E-state index is 12.8. The maximum atomic E-state index is 12.8. The number of furan rings is 1. The highest BCUT2D eigenvalue weighted by molar-refractivity contribution is 6.31. The lowest BCUT2D eigenvalue weighted by molar-refractivity contribution is -0.136. The molecule has 120 valence electrons. The number of Topliss-reactive ketones (excluding diaryl/α,β-unsaturated/α-hetero) is 1. The first kappa shape index (κ1) is 15.8. The molecule has 1 aliphatic rings. The number of ether oxygens (including phenoxy) is 1. The van der Waals surface area contributed by atoms with Crippen LogP contribution >= 0.6 is 11.6 Å². The van der Waals surface area contributed by atoms with Gasteiger partial charge < -0.3 is 14.9 Å². The third kappa shape index (κ3) is 2.90. The maximum Gasteiger partial charge on any atom is 0.342 e. The smallest absolute Gasteiger partial charge is 0.342 e.